The van der Waals surface area contributed by atoms with Crippen LogP contribution in [0.5, 0.6) is 0 Å². The fourth-order valence-electron chi connectivity index (χ4n) is 1.56. The second kappa shape index (κ2) is 5.20. The van der Waals surface area contributed by atoms with E-state index in [2.05, 4.69) is 26.2 Å². The van der Waals surface area contributed by atoms with Crippen LogP contribution in [0.4, 0.5) is 5.13 Å². The molecule has 0 aliphatic rings. The number of nitrogens with zero attached hydrogens (tertiary/aromatic N) is 1. The summed E-state index contributed by atoms with van der Waals surface area (Å²) in [6, 6.07) is 7.30. The van der Waals surface area contributed by atoms with Crippen LogP contribution in [0.15, 0.2) is 34.1 Å². The first-order chi connectivity index (χ1) is 9.13. The minimum atomic E-state index is -0.160. The molecule has 0 aliphatic carbocycles. The molecule has 0 saturated heterocycles. The molecule has 0 radical (unpaired) electrons. The van der Waals surface area contributed by atoms with E-state index >= 15 is 0 Å². The maximum Gasteiger partial charge on any atom is 0.268 e. The maximum absolute atomic E-state index is 12.0. The lowest BCUT2D eigenvalue weighted by Crippen LogP contribution is -2.10. The Morgan fingerprint density at radius 2 is 2.21 bits per heavy atom. The summed E-state index contributed by atoms with van der Waals surface area (Å²) in [7, 11) is 0. The fraction of sp³-hybridized carbons (Fsp3) is 0. The van der Waals surface area contributed by atoms with E-state index in [4.69, 9.17) is 11.6 Å². The van der Waals surface area contributed by atoms with Gasteiger partial charge in [0.1, 0.15) is 4.88 Å². The molecule has 0 aliphatic heterocycles. The molecule has 0 fully saturated rings. The Morgan fingerprint density at radius 1 is 1.37 bits per heavy atom. The smallest absolute Gasteiger partial charge is 0.268 e. The van der Waals surface area contributed by atoms with Crippen LogP contribution in [0.1, 0.15) is 9.67 Å². The number of nitrogens with one attached hydrogen (secondary N) is 1. The maximum atomic E-state index is 12.0. The zero-order valence-corrected chi connectivity index (χ0v) is 13.3. The first kappa shape index (κ1) is 13.1. The molecule has 1 aromatic carbocycles. The third-order valence-corrected chi connectivity index (χ3v) is 5.40. The summed E-state index contributed by atoms with van der Waals surface area (Å²) < 4.78 is 1.74. The van der Waals surface area contributed by atoms with E-state index in [1.807, 2.05) is 23.6 Å². The van der Waals surface area contributed by atoms with Crippen LogP contribution >= 0.6 is 50.2 Å². The van der Waals surface area contributed by atoms with Gasteiger partial charge in [-0.3, -0.25) is 10.1 Å². The quantitative estimate of drug-likeness (QED) is 0.685. The predicted molar refractivity (Wildman–Crippen MR) is 84.6 cm³/mol. The summed E-state index contributed by atoms with van der Waals surface area (Å²) in [4.78, 5) is 17.0. The Kier molecular flexibility index (Phi) is 3.58. The highest BCUT2D eigenvalue weighted by Gasteiger charge is 2.14. The molecule has 0 atom stereocenters. The lowest BCUT2D eigenvalue weighted by Gasteiger charge is -1.98. The monoisotopic (exact) mass is 372 g/mol. The highest BCUT2D eigenvalue weighted by atomic mass is 79.9. The number of hydrogen-bond donors (Lipinski definition) is 1. The first-order valence-corrected chi connectivity index (χ1v) is 8.10. The molecule has 2 heterocycles. The highest BCUT2D eigenvalue weighted by molar-refractivity contribution is 9.10. The number of thiazole rings is 1. The molecular weight excluding hydrogens is 368 g/mol. The number of carbonyl (C=O) groups excluding carboxylic acids is 1. The summed E-state index contributed by atoms with van der Waals surface area (Å²) in [6.07, 6.45) is 0. The summed E-state index contributed by atoms with van der Waals surface area (Å²) in [5.74, 6) is -0.160. The van der Waals surface area contributed by atoms with Gasteiger partial charge in [0.15, 0.2) is 5.13 Å². The van der Waals surface area contributed by atoms with Gasteiger partial charge in [-0.05, 0) is 45.6 Å². The van der Waals surface area contributed by atoms with Crippen LogP contribution in [0, 0.1) is 0 Å². The number of rotatable bonds is 2. The van der Waals surface area contributed by atoms with Crippen molar-refractivity contribution in [3.05, 3.63) is 44.0 Å². The van der Waals surface area contributed by atoms with Crippen LogP contribution in [0.3, 0.4) is 0 Å². The number of hydrogen-bond acceptors (Lipinski definition) is 4. The van der Waals surface area contributed by atoms with Gasteiger partial charge in [0.2, 0.25) is 0 Å². The number of halogens is 2. The normalized spacial score (nSPS) is 10.8. The molecule has 19 heavy (non-hydrogen) atoms. The largest absolute Gasteiger partial charge is 0.297 e. The molecule has 3 nitrogen and oxygen atoms in total. The molecule has 7 heteroatoms. The van der Waals surface area contributed by atoms with E-state index in [0.717, 1.165) is 14.7 Å². The number of aromatic nitrogens is 1. The van der Waals surface area contributed by atoms with Crippen molar-refractivity contribution in [1.29, 1.82) is 0 Å². The SMILES string of the molecule is O=C(Nc1nc2ccc(Cl)cc2s1)c1sccc1Br. The van der Waals surface area contributed by atoms with Crippen molar-refractivity contribution in [3.63, 3.8) is 0 Å². The van der Waals surface area contributed by atoms with Gasteiger partial charge in [-0.15, -0.1) is 11.3 Å². The van der Waals surface area contributed by atoms with Crippen LogP contribution in [-0.2, 0) is 0 Å². The average Bonchev–Trinajstić information content (AvgIpc) is 2.94. The standard InChI is InChI=1S/C12H6BrClN2OS2/c13-7-3-4-18-10(7)11(17)16-12-15-8-2-1-6(14)5-9(8)19-12/h1-5H,(H,15,16,17). The third-order valence-electron chi connectivity index (χ3n) is 2.39. The number of thiophene rings is 1. The highest BCUT2D eigenvalue weighted by Crippen LogP contribution is 2.29. The van der Waals surface area contributed by atoms with Crippen LogP contribution in [-0.4, -0.2) is 10.9 Å². The number of amides is 1. The van der Waals surface area contributed by atoms with Gasteiger partial charge in [0.05, 0.1) is 10.2 Å². The van der Waals surface area contributed by atoms with Crippen molar-refractivity contribution in [2.75, 3.05) is 5.32 Å². The van der Waals surface area contributed by atoms with E-state index in [-0.39, 0.29) is 5.91 Å². The van der Waals surface area contributed by atoms with E-state index in [0.29, 0.717) is 15.0 Å². The van der Waals surface area contributed by atoms with E-state index in [1.54, 1.807) is 6.07 Å². The molecular formula is C12H6BrClN2OS2. The summed E-state index contributed by atoms with van der Waals surface area (Å²) in [6.45, 7) is 0. The van der Waals surface area contributed by atoms with E-state index in [1.165, 1.54) is 22.7 Å². The van der Waals surface area contributed by atoms with Gasteiger partial charge >= 0.3 is 0 Å². The topological polar surface area (TPSA) is 42.0 Å². The summed E-state index contributed by atoms with van der Waals surface area (Å²) >= 11 is 12.1. The first-order valence-electron chi connectivity index (χ1n) is 5.24. The molecule has 1 N–H and O–H groups in total. The zero-order valence-electron chi connectivity index (χ0n) is 9.31. The van der Waals surface area contributed by atoms with Gasteiger partial charge in [-0.2, -0.15) is 0 Å². The van der Waals surface area contributed by atoms with Crippen LogP contribution in [0.2, 0.25) is 5.02 Å². The Bertz CT molecular complexity index is 768. The molecule has 0 unspecified atom stereocenters. The lowest BCUT2D eigenvalue weighted by molar-refractivity contribution is 0.103. The minimum absolute atomic E-state index is 0.160. The van der Waals surface area contributed by atoms with Crippen molar-refractivity contribution >= 4 is 71.5 Å². The number of benzene rings is 1. The van der Waals surface area contributed by atoms with Gasteiger partial charge in [0.25, 0.3) is 5.91 Å². The molecule has 96 valence electrons. The molecule has 0 spiro atoms. The van der Waals surface area contributed by atoms with Crippen LogP contribution < -0.4 is 5.32 Å². The molecule has 3 rings (SSSR count). The predicted octanol–water partition coefficient (Wildman–Crippen LogP) is 5.03. The van der Waals surface area contributed by atoms with Crippen molar-refractivity contribution in [2.45, 2.75) is 0 Å². The number of carbonyl (C=O) groups is 1. The number of fused-ring (bicyclic) bond motifs is 1. The minimum Gasteiger partial charge on any atom is -0.297 e. The Morgan fingerprint density at radius 3 is 2.95 bits per heavy atom. The van der Waals surface area contributed by atoms with Crippen molar-refractivity contribution in [3.8, 4) is 0 Å². The van der Waals surface area contributed by atoms with Crippen LogP contribution in [0.25, 0.3) is 10.2 Å². The Labute approximate surface area is 130 Å². The summed E-state index contributed by atoms with van der Waals surface area (Å²) in [5, 5.41) is 5.89. The van der Waals surface area contributed by atoms with E-state index < -0.39 is 0 Å². The zero-order chi connectivity index (χ0) is 13.4. The molecule has 1 amide bonds. The summed E-state index contributed by atoms with van der Waals surface area (Å²) in [5.41, 5.74) is 0.829. The van der Waals surface area contributed by atoms with Gasteiger partial charge < -0.3 is 0 Å². The van der Waals surface area contributed by atoms with Crippen molar-refractivity contribution < 1.29 is 4.79 Å². The molecule has 0 saturated carbocycles. The number of anilines is 1. The lowest BCUT2D eigenvalue weighted by atomic mass is 10.3. The molecule has 0 bridgehead atoms. The van der Waals surface area contributed by atoms with Gasteiger partial charge in [0, 0.05) is 9.50 Å². The van der Waals surface area contributed by atoms with Crippen molar-refractivity contribution in [2.24, 2.45) is 0 Å². The van der Waals surface area contributed by atoms with E-state index in [9.17, 15) is 4.79 Å². The second-order valence-corrected chi connectivity index (χ2v) is 6.92. The molecule has 3 aromatic rings. The fourth-order valence-corrected chi connectivity index (χ4v) is 4.14. The second-order valence-electron chi connectivity index (χ2n) is 3.68. The Balaban J connectivity index is 1.89. The third kappa shape index (κ3) is 2.67. The molecule has 2 aromatic heterocycles. The van der Waals surface area contributed by atoms with Gasteiger partial charge in [-0.25, -0.2) is 4.98 Å². The average molecular weight is 374 g/mol. The van der Waals surface area contributed by atoms with Crippen molar-refractivity contribution in [1.82, 2.24) is 4.98 Å². The Hall–Kier alpha value is -0.950. The van der Waals surface area contributed by atoms with Gasteiger partial charge in [-0.1, -0.05) is 22.9 Å².